The minimum absolute atomic E-state index is 0.137. The van der Waals surface area contributed by atoms with Crippen molar-refractivity contribution in [3.8, 4) is 0 Å². The summed E-state index contributed by atoms with van der Waals surface area (Å²) in [6.45, 7) is 6.58. The van der Waals surface area contributed by atoms with Crippen LogP contribution in [0.1, 0.15) is 13.8 Å². The fourth-order valence-electron chi connectivity index (χ4n) is 3.72. The molecular formula is C14H17ClFN3O2. The fourth-order valence-corrected chi connectivity index (χ4v) is 3.88. The zero-order chi connectivity index (χ0) is 15.4. The Kier molecular flexibility index (Phi) is 3.33. The quantitative estimate of drug-likeness (QED) is 0.674. The van der Waals surface area contributed by atoms with Crippen LogP contribution in [0.5, 0.6) is 0 Å². The molecule has 0 bridgehead atoms. The number of benzene rings is 1. The van der Waals surface area contributed by atoms with E-state index >= 15 is 0 Å². The standard InChI is InChI=1S/C14H17ClFN3O2/c1-14(2)9-6-17-5-8(9)7-18(14)12-4-11(16)10(15)3-13(12)19(20)21/h3-4,8-9,17H,5-7H2,1-2H3. The molecule has 2 unspecified atom stereocenters. The first kappa shape index (κ1) is 14.5. The molecule has 2 heterocycles. The molecule has 2 aliphatic heterocycles. The second kappa shape index (κ2) is 4.81. The summed E-state index contributed by atoms with van der Waals surface area (Å²) in [5.74, 6) is 0.206. The summed E-state index contributed by atoms with van der Waals surface area (Å²) in [5.41, 5.74) is -0.0807. The van der Waals surface area contributed by atoms with Gasteiger partial charge in [-0.05, 0) is 25.7 Å². The Morgan fingerprint density at radius 1 is 1.48 bits per heavy atom. The Morgan fingerprint density at radius 3 is 2.81 bits per heavy atom. The van der Waals surface area contributed by atoms with Crippen LogP contribution in [-0.2, 0) is 0 Å². The summed E-state index contributed by atoms with van der Waals surface area (Å²) in [6, 6.07) is 2.30. The molecule has 2 atom stereocenters. The highest BCUT2D eigenvalue weighted by atomic mass is 35.5. The van der Waals surface area contributed by atoms with Gasteiger partial charge in [-0.2, -0.15) is 0 Å². The number of nitrogens with one attached hydrogen (secondary N) is 1. The Bertz CT molecular complexity index is 608. The van der Waals surface area contributed by atoms with Gasteiger partial charge in [-0.3, -0.25) is 10.1 Å². The van der Waals surface area contributed by atoms with Gasteiger partial charge in [0.05, 0.1) is 9.95 Å². The van der Waals surface area contributed by atoms with Gasteiger partial charge in [0.1, 0.15) is 11.5 Å². The lowest BCUT2D eigenvalue weighted by Crippen LogP contribution is -2.44. The van der Waals surface area contributed by atoms with Crippen molar-refractivity contribution in [3.63, 3.8) is 0 Å². The van der Waals surface area contributed by atoms with Gasteiger partial charge >= 0.3 is 0 Å². The number of nitrogens with zero attached hydrogens (tertiary/aromatic N) is 2. The van der Waals surface area contributed by atoms with E-state index in [0.29, 0.717) is 24.1 Å². The number of nitro benzene ring substituents is 1. The maximum Gasteiger partial charge on any atom is 0.294 e. The molecule has 5 nitrogen and oxygen atoms in total. The van der Waals surface area contributed by atoms with E-state index in [1.54, 1.807) is 0 Å². The maximum absolute atomic E-state index is 13.8. The number of nitro groups is 1. The van der Waals surface area contributed by atoms with Gasteiger partial charge in [0.15, 0.2) is 0 Å². The second-order valence-corrected chi connectivity index (χ2v) is 6.71. The van der Waals surface area contributed by atoms with E-state index < -0.39 is 10.7 Å². The molecule has 7 heteroatoms. The van der Waals surface area contributed by atoms with Gasteiger partial charge in [-0.15, -0.1) is 0 Å². The number of fused-ring (bicyclic) bond motifs is 1. The van der Waals surface area contributed by atoms with Crippen LogP contribution in [0.3, 0.4) is 0 Å². The fraction of sp³-hybridized carbons (Fsp3) is 0.571. The average molecular weight is 314 g/mol. The topological polar surface area (TPSA) is 58.4 Å². The van der Waals surface area contributed by atoms with E-state index in [2.05, 4.69) is 19.2 Å². The van der Waals surface area contributed by atoms with Crippen LogP contribution >= 0.6 is 11.6 Å². The van der Waals surface area contributed by atoms with E-state index in [0.717, 1.165) is 19.2 Å². The molecule has 0 amide bonds. The van der Waals surface area contributed by atoms with Crippen molar-refractivity contribution in [2.24, 2.45) is 11.8 Å². The Hall–Kier alpha value is -1.40. The van der Waals surface area contributed by atoms with Crippen molar-refractivity contribution in [3.05, 3.63) is 33.1 Å². The van der Waals surface area contributed by atoms with Crippen molar-refractivity contribution < 1.29 is 9.31 Å². The summed E-state index contributed by atoms with van der Waals surface area (Å²) >= 11 is 5.70. The summed E-state index contributed by atoms with van der Waals surface area (Å²) in [6.07, 6.45) is 0. The Labute approximate surface area is 127 Å². The number of halogens is 2. The third kappa shape index (κ3) is 2.17. The van der Waals surface area contributed by atoms with Crippen molar-refractivity contribution in [1.82, 2.24) is 5.32 Å². The summed E-state index contributed by atoms with van der Waals surface area (Å²) < 4.78 is 13.8. The van der Waals surface area contributed by atoms with Crippen LogP contribution in [0.2, 0.25) is 5.02 Å². The van der Waals surface area contributed by atoms with Crippen LogP contribution in [0.15, 0.2) is 12.1 Å². The monoisotopic (exact) mass is 313 g/mol. The average Bonchev–Trinajstić information content (AvgIpc) is 2.95. The first-order chi connectivity index (χ1) is 9.82. The van der Waals surface area contributed by atoms with Gasteiger partial charge in [0, 0.05) is 37.3 Å². The molecule has 1 aromatic carbocycles. The minimum Gasteiger partial charge on any atom is -0.360 e. The van der Waals surface area contributed by atoms with Crippen molar-refractivity contribution in [1.29, 1.82) is 0 Å². The maximum atomic E-state index is 13.8. The first-order valence-electron chi connectivity index (χ1n) is 6.94. The van der Waals surface area contributed by atoms with Crippen LogP contribution in [0.4, 0.5) is 15.8 Å². The SMILES string of the molecule is CC1(C)C2CNCC2CN1c1cc(F)c(Cl)cc1[N+](=O)[O-]. The number of hydrogen-bond donors (Lipinski definition) is 1. The van der Waals surface area contributed by atoms with Gasteiger partial charge < -0.3 is 10.2 Å². The van der Waals surface area contributed by atoms with E-state index in [1.165, 1.54) is 6.07 Å². The smallest absolute Gasteiger partial charge is 0.294 e. The predicted octanol–water partition coefficient (Wildman–Crippen LogP) is 2.82. The van der Waals surface area contributed by atoms with E-state index in [9.17, 15) is 14.5 Å². The number of rotatable bonds is 2. The lowest BCUT2D eigenvalue weighted by atomic mass is 9.84. The third-order valence-electron chi connectivity index (χ3n) is 4.86. The number of hydrogen-bond acceptors (Lipinski definition) is 4. The van der Waals surface area contributed by atoms with Gasteiger partial charge in [0.2, 0.25) is 0 Å². The highest BCUT2D eigenvalue weighted by Gasteiger charge is 2.50. The largest absolute Gasteiger partial charge is 0.360 e. The lowest BCUT2D eigenvalue weighted by Gasteiger charge is -2.37. The zero-order valence-corrected chi connectivity index (χ0v) is 12.7. The molecule has 2 aliphatic rings. The Morgan fingerprint density at radius 2 is 2.19 bits per heavy atom. The van der Waals surface area contributed by atoms with Crippen LogP contribution in [0, 0.1) is 27.8 Å². The molecule has 0 spiro atoms. The minimum atomic E-state index is -0.622. The second-order valence-electron chi connectivity index (χ2n) is 6.30. The molecule has 0 aromatic heterocycles. The summed E-state index contributed by atoms with van der Waals surface area (Å²) in [7, 11) is 0. The summed E-state index contributed by atoms with van der Waals surface area (Å²) in [4.78, 5) is 12.7. The number of anilines is 1. The van der Waals surface area contributed by atoms with Gasteiger partial charge in [-0.1, -0.05) is 11.6 Å². The predicted molar refractivity (Wildman–Crippen MR) is 79.3 cm³/mol. The molecule has 3 rings (SSSR count). The highest BCUT2D eigenvalue weighted by Crippen LogP contribution is 2.46. The zero-order valence-electron chi connectivity index (χ0n) is 11.9. The molecule has 0 aliphatic carbocycles. The highest BCUT2D eigenvalue weighted by molar-refractivity contribution is 6.31. The first-order valence-corrected chi connectivity index (χ1v) is 7.32. The molecule has 0 radical (unpaired) electrons. The lowest BCUT2D eigenvalue weighted by molar-refractivity contribution is -0.384. The van der Waals surface area contributed by atoms with Crippen LogP contribution in [-0.4, -0.2) is 30.1 Å². The van der Waals surface area contributed by atoms with Gasteiger partial charge in [0.25, 0.3) is 5.69 Å². The van der Waals surface area contributed by atoms with E-state index in [1.807, 2.05) is 4.90 Å². The molecule has 1 aromatic rings. The van der Waals surface area contributed by atoms with Crippen molar-refractivity contribution >= 4 is 23.0 Å². The molecular weight excluding hydrogens is 297 g/mol. The summed E-state index contributed by atoms with van der Waals surface area (Å²) in [5, 5.41) is 14.4. The third-order valence-corrected chi connectivity index (χ3v) is 5.15. The normalized spacial score (nSPS) is 27.0. The van der Waals surface area contributed by atoms with Gasteiger partial charge in [-0.25, -0.2) is 4.39 Å². The van der Waals surface area contributed by atoms with Crippen molar-refractivity contribution in [2.45, 2.75) is 19.4 Å². The molecule has 21 heavy (non-hydrogen) atoms. The molecule has 0 saturated carbocycles. The van der Waals surface area contributed by atoms with E-state index in [4.69, 9.17) is 11.6 Å². The van der Waals surface area contributed by atoms with Crippen LogP contribution < -0.4 is 10.2 Å². The van der Waals surface area contributed by atoms with Crippen LogP contribution in [0.25, 0.3) is 0 Å². The molecule has 2 fully saturated rings. The molecule has 1 N–H and O–H groups in total. The van der Waals surface area contributed by atoms with E-state index in [-0.39, 0.29) is 16.2 Å². The molecule has 2 saturated heterocycles. The molecule has 114 valence electrons. The Balaban J connectivity index is 2.08. The van der Waals surface area contributed by atoms with Crippen molar-refractivity contribution in [2.75, 3.05) is 24.5 Å².